The van der Waals surface area contributed by atoms with E-state index in [1.54, 1.807) is 18.3 Å². The van der Waals surface area contributed by atoms with Crippen LogP contribution < -0.4 is 10.6 Å². The van der Waals surface area contributed by atoms with Crippen molar-refractivity contribution in [3.05, 3.63) is 59.9 Å². The minimum absolute atomic E-state index is 0.0133. The second-order valence-corrected chi connectivity index (χ2v) is 5.24. The molecule has 0 saturated heterocycles. The van der Waals surface area contributed by atoms with Crippen molar-refractivity contribution in [1.82, 2.24) is 15.6 Å². The zero-order valence-corrected chi connectivity index (χ0v) is 12.6. The Hall–Kier alpha value is -2.56. The molecule has 0 radical (unpaired) electrons. The molecule has 0 unspecified atom stereocenters. The fraction of sp³-hybridized carbons (Fsp3) is 0.294. The fourth-order valence-corrected chi connectivity index (χ4v) is 2.16. The van der Waals surface area contributed by atoms with E-state index in [4.69, 9.17) is 0 Å². The molecule has 0 fully saturated rings. The topological polar surface area (TPSA) is 74.2 Å². The molecule has 1 aromatic heterocycles. The molecule has 116 valence electrons. The minimum Gasteiger partial charge on any atom is -0.508 e. The molecular weight excluding hydrogens is 278 g/mol. The van der Waals surface area contributed by atoms with Gasteiger partial charge in [0.15, 0.2) is 0 Å². The van der Waals surface area contributed by atoms with Gasteiger partial charge in [-0.1, -0.05) is 18.2 Å². The molecule has 0 aliphatic carbocycles. The first kappa shape index (κ1) is 15.8. The maximum absolute atomic E-state index is 11.8. The van der Waals surface area contributed by atoms with Crippen LogP contribution in [-0.2, 0) is 12.8 Å². The third-order valence-electron chi connectivity index (χ3n) is 3.25. The summed E-state index contributed by atoms with van der Waals surface area (Å²) in [5, 5.41) is 15.0. The van der Waals surface area contributed by atoms with Gasteiger partial charge >= 0.3 is 6.03 Å². The molecule has 22 heavy (non-hydrogen) atoms. The van der Waals surface area contributed by atoms with Gasteiger partial charge in [0.05, 0.1) is 0 Å². The number of pyridine rings is 1. The number of urea groups is 1. The van der Waals surface area contributed by atoms with Crippen LogP contribution in [0.2, 0.25) is 0 Å². The summed E-state index contributed by atoms with van der Waals surface area (Å²) in [6.45, 7) is 2.50. The van der Waals surface area contributed by atoms with E-state index in [0.29, 0.717) is 19.4 Å². The van der Waals surface area contributed by atoms with Gasteiger partial charge in [-0.15, -0.1) is 0 Å². The van der Waals surface area contributed by atoms with Gasteiger partial charge in [-0.05, 0) is 43.2 Å². The largest absolute Gasteiger partial charge is 0.508 e. The zero-order valence-electron chi connectivity index (χ0n) is 12.6. The van der Waals surface area contributed by atoms with Gasteiger partial charge in [0.25, 0.3) is 0 Å². The third-order valence-corrected chi connectivity index (χ3v) is 3.25. The molecule has 5 nitrogen and oxygen atoms in total. The minimum atomic E-state index is -0.179. The van der Waals surface area contributed by atoms with Crippen LogP contribution in [0.3, 0.4) is 0 Å². The first-order valence-electron chi connectivity index (χ1n) is 7.35. The van der Waals surface area contributed by atoms with Gasteiger partial charge in [0.1, 0.15) is 5.75 Å². The highest BCUT2D eigenvalue weighted by molar-refractivity contribution is 5.74. The van der Waals surface area contributed by atoms with Crippen LogP contribution in [0.25, 0.3) is 0 Å². The number of carbonyl (C=O) groups excluding carboxylic acids is 1. The monoisotopic (exact) mass is 299 g/mol. The van der Waals surface area contributed by atoms with E-state index >= 15 is 0 Å². The van der Waals surface area contributed by atoms with Crippen molar-refractivity contribution in [2.75, 3.05) is 6.54 Å². The number of phenols is 1. The van der Waals surface area contributed by atoms with E-state index in [2.05, 4.69) is 15.6 Å². The van der Waals surface area contributed by atoms with Crippen molar-refractivity contribution in [3.8, 4) is 5.75 Å². The highest BCUT2D eigenvalue weighted by Gasteiger charge is 2.07. The van der Waals surface area contributed by atoms with Crippen molar-refractivity contribution < 1.29 is 9.90 Å². The van der Waals surface area contributed by atoms with E-state index in [1.807, 2.05) is 37.3 Å². The van der Waals surface area contributed by atoms with Crippen LogP contribution in [0, 0.1) is 0 Å². The van der Waals surface area contributed by atoms with Gasteiger partial charge in [-0.25, -0.2) is 4.79 Å². The lowest BCUT2D eigenvalue weighted by Crippen LogP contribution is -2.42. The summed E-state index contributed by atoms with van der Waals surface area (Å²) < 4.78 is 0. The van der Waals surface area contributed by atoms with Gasteiger partial charge in [-0.3, -0.25) is 4.98 Å². The summed E-state index contributed by atoms with van der Waals surface area (Å²) in [4.78, 5) is 16.0. The summed E-state index contributed by atoms with van der Waals surface area (Å²) in [6, 6.07) is 12.6. The molecule has 0 aliphatic heterocycles. The van der Waals surface area contributed by atoms with Crippen LogP contribution in [0.1, 0.15) is 18.2 Å². The molecule has 1 aromatic carbocycles. The number of phenolic OH excluding ortho intramolecular Hbond substituents is 1. The summed E-state index contributed by atoms with van der Waals surface area (Å²) in [5.41, 5.74) is 2.03. The molecule has 0 bridgehead atoms. The van der Waals surface area contributed by atoms with Crippen molar-refractivity contribution in [2.24, 2.45) is 0 Å². The quantitative estimate of drug-likeness (QED) is 0.766. The SMILES string of the molecule is C[C@@H](Cc1ccc(O)cc1)NC(=O)NCCc1ccccn1. The molecule has 2 rings (SSSR count). The number of hydrogen-bond acceptors (Lipinski definition) is 3. The lowest BCUT2D eigenvalue weighted by atomic mass is 10.1. The van der Waals surface area contributed by atoms with E-state index in [0.717, 1.165) is 11.3 Å². The predicted octanol–water partition coefficient (Wildman–Crippen LogP) is 2.26. The van der Waals surface area contributed by atoms with E-state index < -0.39 is 0 Å². The second kappa shape index (κ2) is 8.02. The van der Waals surface area contributed by atoms with Crippen molar-refractivity contribution in [1.29, 1.82) is 0 Å². The lowest BCUT2D eigenvalue weighted by molar-refractivity contribution is 0.238. The van der Waals surface area contributed by atoms with Crippen molar-refractivity contribution >= 4 is 6.03 Å². The van der Waals surface area contributed by atoms with E-state index in [9.17, 15) is 9.90 Å². The van der Waals surface area contributed by atoms with Crippen LogP contribution in [0.15, 0.2) is 48.7 Å². The number of aromatic nitrogens is 1. The third kappa shape index (κ3) is 5.44. The van der Waals surface area contributed by atoms with E-state index in [-0.39, 0.29) is 17.8 Å². The number of rotatable bonds is 6. The van der Waals surface area contributed by atoms with Crippen LogP contribution in [0.4, 0.5) is 4.79 Å². The number of nitrogens with zero attached hydrogens (tertiary/aromatic N) is 1. The maximum atomic E-state index is 11.8. The van der Waals surface area contributed by atoms with Crippen LogP contribution in [-0.4, -0.2) is 28.7 Å². The van der Waals surface area contributed by atoms with Crippen molar-refractivity contribution in [3.63, 3.8) is 0 Å². The first-order valence-corrected chi connectivity index (χ1v) is 7.35. The number of benzene rings is 1. The Labute approximate surface area is 130 Å². The Balaban J connectivity index is 1.68. The number of amides is 2. The summed E-state index contributed by atoms with van der Waals surface area (Å²) in [6.07, 6.45) is 3.17. The Morgan fingerprint density at radius 3 is 2.68 bits per heavy atom. The highest BCUT2D eigenvalue weighted by atomic mass is 16.3. The Kier molecular flexibility index (Phi) is 5.77. The van der Waals surface area contributed by atoms with Crippen molar-refractivity contribution in [2.45, 2.75) is 25.8 Å². The average Bonchev–Trinajstić information content (AvgIpc) is 2.50. The molecule has 2 amide bonds. The Morgan fingerprint density at radius 2 is 2.00 bits per heavy atom. The molecule has 0 spiro atoms. The molecule has 0 saturated carbocycles. The fourth-order valence-electron chi connectivity index (χ4n) is 2.16. The Morgan fingerprint density at radius 1 is 1.23 bits per heavy atom. The Bertz CT molecular complexity index is 585. The number of nitrogens with one attached hydrogen (secondary N) is 2. The molecule has 0 aliphatic rings. The normalized spacial score (nSPS) is 11.7. The summed E-state index contributed by atoms with van der Waals surface area (Å²) >= 11 is 0. The average molecular weight is 299 g/mol. The van der Waals surface area contributed by atoms with Crippen LogP contribution in [0.5, 0.6) is 5.75 Å². The molecule has 1 heterocycles. The number of carbonyl (C=O) groups is 1. The highest BCUT2D eigenvalue weighted by Crippen LogP contribution is 2.11. The lowest BCUT2D eigenvalue weighted by Gasteiger charge is -2.14. The van der Waals surface area contributed by atoms with E-state index in [1.165, 1.54) is 0 Å². The predicted molar refractivity (Wildman–Crippen MR) is 85.7 cm³/mol. The zero-order chi connectivity index (χ0) is 15.8. The maximum Gasteiger partial charge on any atom is 0.315 e. The molecular formula is C17H21N3O2. The summed E-state index contributed by atoms with van der Waals surface area (Å²) in [7, 11) is 0. The number of hydrogen-bond donors (Lipinski definition) is 3. The molecule has 3 N–H and O–H groups in total. The van der Waals surface area contributed by atoms with Gasteiger partial charge in [-0.2, -0.15) is 0 Å². The first-order chi connectivity index (χ1) is 10.6. The molecule has 2 aromatic rings. The number of aromatic hydroxyl groups is 1. The van der Waals surface area contributed by atoms with Gasteiger partial charge in [0, 0.05) is 30.9 Å². The molecule has 5 heteroatoms. The van der Waals surface area contributed by atoms with Gasteiger partial charge < -0.3 is 15.7 Å². The smallest absolute Gasteiger partial charge is 0.315 e. The van der Waals surface area contributed by atoms with Gasteiger partial charge in [0.2, 0.25) is 0 Å². The standard InChI is InChI=1S/C17H21N3O2/c1-13(12-14-5-7-16(21)8-6-14)20-17(22)19-11-9-15-4-2-3-10-18-15/h2-8,10,13,21H,9,11-12H2,1H3,(H2,19,20,22)/t13-/m0/s1. The molecule has 1 atom stereocenters. The van der Waals surface area contributed by atoms with Crippen LogP contribution >= 0.6 is 0 Å². The second-order valence-electron chi connectivity index (χ2n) is 5.24. The summed E-state index contributed by atoms with van der Waals surface area (Å²) in [5.74, 6) is 0.247.